The van der Waals surface area contributed by atoms with Crippen LogP contribution in [0.3, 0.4) is 0 Å². The van der Waals surface area contributed by atoms with Gasteiger partial charge in [0.25, 0.3) is 0 Å². The molecule has 2 aromatic rings. The van der Waals surface area contributed by atoms with Crippen molar-refractivity contribution in [2.75, 3.05) is 7.05 Å². The molecule has 0 aliphatic carbocycles. The SMILES string of the molecule is CN1[C@H]2CC[C@@H]1[C@@H](/C=C/c1ccccc1)[C@@H](c1ccc(Cl)cc1)C2. The lowest BCUT2D eigenvalue weighted by atomic mass is 9.76. The van der Waals surface area contributed by atoms with E-state index >= 15 is 0 Å². The van der Waals surface area contributed by atoms with Gasteiger partial charge in [-0.1, -0.05) is 66.2 Å². The van der Waals surface area contributed by atoms with Gasteiger partial charge in [-0.05, 0) is 61.4 Å². The van der Waals surface area contributed by atoms with Gasteiger partial charge in [-0.25, -0.2) is 0 Å². The molecule has 0 amide bonds. The lowest BCUT2D eigenvalue weighted by Gasteiger charge is -2.42. The molecule has 2 heteroatoms. The monoisotopic (exact) mass is 337 g/mol. The first-order valence-electron chi connectivity index (χ1n) is 8.93. The molecule has 1 nitrogen and oxygen atoms in total. The number of piperidine rings is 1. The van der Waals surface area contributed by atoms with Gasteiger partial charge in [-0.2, -0.15) is 0 Å². The van der Waals surface area contributed by atoms with Crippen LogP contribution in [0, 0.1) is 5.92 Å². The molecule has 2 aliphatic heterocycles. The second-order valence-electron chi connectivity index (χ2n) is 7.20. The number of nitrogens with zero attached hydrogens (tertiary/aromatic N) is 1. The maximum Gasteiger partial charge on any atom is 0.0406 e. The average molecular weight is 338 g/mol. The van der Waals surface area contributed by atoms with E-state index in [4.69, 9.17) is 11.6 Å². The van der Waals surface area contributed by atoms with Crippen LogP contribution in [0.5, 0.6) is 0 Å². The molecule has 4 atom stereocenters. The molecule has 0 radical (unpaired) electrons. The number of halogens is 1. The van der Waals surface area contributed by atoms with Crippen LogP contribution in [0.25, 0.3) is 6.08 Å². The van der Waals surface area contributed by atoms with E-state index < -0.39 is 0 Å². The van der Waals surface area contributed by atoms with Gasteiger partial charge in [0.2, 0.25) is 0 Å². The molecule has 0 spiro atoms. The zero-order valence-corrected chi connectivity index (χ0v) is 14.9. The van der Waals surface area contributed by atoms with Crippen molar-refractivity contribution in [3.63, 3.8) is 0 Å². The van der Waals surface area contributed by atoms with Crippen LogP contribution in [-0.4, -0.2) is 24.0 Å². The van der Waals surface area contributed by atoms with E-state index in [1.165, 1.54) is 30.4 Å². The Morgan fingerprint density at radius 3 is 2.50 bits per heavy atom. The second kappa shape index (κ2) is 6.74. The second-order valence-corrected chi connectivity index (χ2v) is 7.64. The first-order chi connectivity index (χ1) is 11.7. The maximum atomic E-state index is 6.10. The van der Waals surface area contributed by atoms with Crippen molar-refractivity contribution in [3.8, 4) is 0 Å². The van der Waals surface area contributed by atoms with E-state index in [1.54, 1.807) is 0 Å². The van der Waals surface area contributed by atoms with Gasteiger partial charge in [0.1, 0.15) is 0 Å². The molecule has 0 unspecified atom stereocenters. The molecule has 24 heavy (non-hydrogen) atoms. The van der Waals surface area contributed by atoms with Gasteiger partial charge in [0, 0.05) is 17.1 Å². The summed E-state index contributed by atoms with van der Waals surface area (Å²) in [4.78, 5) is 2.62. The minimum Gasteiger partial charge on any atom is -0.300 e. The summed E-state index contributed by atoms with van der Waals surface area (Å²) in [7, 11) is 2.31. The van der Waals surface area contributed by atoms with Crippen LogP contribution < -0.4 is 0 Å². The number of fused-ring (bicyclic) bond motifs is 2. The van der Waals surface area contributed by atoms with Crippen LogP contribution >= 0.6 is 11.6 Å². The summed E-state index contributed by atoms with van der Waals surface area (Å²) in [5, 5.41) is 0.825. The Labute approximate surface area is 149 Å². The van der Waals surface area contributed by atoms with Gasteiger partial charge in [-0.15, -0.1) is 0 Å². The molecule has 2 bridgehead atoms. The Hall–Kier alpha value is -1.57. The fourth-order valence-electron chi connectivity index (χ4n) is 4.62. The fraction of sp³-hybridized carbons (Fsp3) is 0.364. The van der Waals surface area contributed by atoms with Gasteiger partial charge in [0.05, 0.1) is 0 Å². The largest absolute Gasteiger partial charge is 0.300 e. The number of hydrogen-bond donors (Lipinski definition) is 0. The summed E-state index contributed by atoms with van der Waals surface area (Å²) in [5.41, 5.74) is 2.72. The van der Waals surface area contributed by atoms with E-state index in [2.05, 4.69) is 66.6 Å². The first-order valence-corrected chi connectivity index (χ1v) is 9.31. The Balaban J connectivity index is 1.65. The molecule has 2 fully saturated rings. The minimum atomic E-state index is 0.565. The summed E-state index contributed by atoms with van der Waals surface area (Å²) in [6.07, 6.45) is 8.66. The van der Waals surface area contributed by atoms with E-state index in [0.29, 0.717) is 17.9 Å². The number of hydrogen-bond acceptors (Lipinski definition) is 1. The normalized spacial score (nSPS) is 30.1. The highest BCUT2D eigenvalue weighted by molar-refractivity contribution is 6.30. The topological polar surface area (TPSA) is 3.24 Å². The third-order valence-electron chi connectivity index (χ3n) is 5.94. The Morgan fingerprint density at radius 1 is 1.00 bits per heavy atom. The molecule has 0 aromatic heterocycles. The number of rotatable bonds is 3. The Kier molecular flexibility index (Phi) is 4.47. The van der Waals surface area contributed by atoms with Gasteiger partial charge in [-0.3, -0.25) is 4.90 Å². The van der Waals surface area contributed by atoms with Gasteiger partial charge >= 0.3 is 0 Å². The predicted octanol–water partition coefficient (Wildman–Crippen LogP) is 5.62. The summed E-state index contributed by atoms with van der Waals surface area (Å²) < 4.78 is 0. The highest BCUT2D eigenvalue weighted by Crippen LogP contribution is 2.47. The smallest absolute Gasteiger partial charge is 0.0406 e. The molecule has 0 saturated carbocycles. The van der Waals surface area contributed by atoms with Crippen LogP contribution in [0.2, 0.25) is 5.02 Å². The Morgan fingerprint density at radius 2 is 1.75 bits per heavy atom. The van der Waals surface area contributed by atoms with Crippen LogP contribution in [0.1, 0.15) is 36.3 Å². The van der Waals surface area contributed by atoms with E-state index in [1.807, 2.05) is 12.1 Å². The fourth-order valence-corrected chi connectivity index (χ4v) is 4.75. The molecule has 0 N–H and O–H groups in total. The summed E-state index contributed by atoms with van der Waals surface area (Å²) in [6, 6.07) is 20.6. The lowest BCUT2D eigenvalue weighted by Crippen LogP contribution is -2.45. The average Bonchev–Trinajstić information content (AvgIpc) is 2.86. The molecule has 2 aliphatic rings. The summed E-state index contributed by atoms with van der Waals surface area (Å²) in [5.74, 6) is 1.16. The molecule has 124 valence electrons. The van der Waals surface area contributed by atoms with Gasteiger partial charge < -0.3 is 0 Å². The standard InChI is InChI=1S/C22H24ClN/c1-24-19-12-14-22(24)20(13-7-16-5-3-2-4-6-16)21(15-19)17-8-10-18(23)11-9-17/h2-11,13,19-22H,12,14-15H2,1H3/b13-7+/t19-,20-,21+,22+/m0/s1. The third kappa shape index (κ3) is 3.03. The zero-order valence-electron chi connectivity index (χ0n) is 14.1. The lowest BCUT2D eigenvalue weighted by molar-refractivity contribution is 0.124. The molecule has 2 heterocycles. The highest BCUT2D eigenvalue weighted by Gasteiger charge is 2.44. The van der Waals surface area contributed by atoms with Crippen LogP contribution in [0.4, 0.5) is 0 Å². The van der Waals surface area contributed by atoms with Crippen molar-refractivity contribution in [2.24, 2.45) is 5.92 Å². The zero-order chi connectivity index (χ0) is 16.5. The molecule has 2 saturated heterocycles. The first kappa shape index (κ1) is 15.9. The summed E-state index contributed by atoms with van der Waals surface area (Å²) in [6.45, 7) is 0. The summed E-state index contributed by atoms with van der Waals surface area (Å²) >= 11 is 6.10. The van der Waals surface area contributed by atoms with Crippen LogP contribution in [0.15, 0.2) is 60.7 Å². The quantitative estimate of drug-likeness (QED) is 0.702. The van der Waals surface area contributed by atoms with Crippen molar-refractivity contribution in [1.82, 2.24) is 4.90 Å². The van der Waals surface area contributed by atoms with Crippen molar-refractivity contribution >= 4 is 17.7 Å². The molecular formula is C22H24ClN. The van der Waals surface area contributed by atoms with Gasteiger partial charge in [0.15, 0.2) is 0 Å². The van der Waals surface area contributed by atoms with E-state index in [0.717, 1.165) is 11.1 Å². The van der Waals surface area contributed by atoms with E-state index in [9.17, 15) is 0 Å². The molecule has 2 aromatic carbocycles. The Bertz CT molecular complexity index is 707. The molecule has 4 rings (SSSR count). The van der Waals surface area contributed by atoms with E-state index in [-0.39, 0.29) is 0 Å². The maximum absolute atomic E-state index is 6.10. The molecular weight excluding hydrogens is 314 g/mol. The minimum absolute atomic E-state index is 0.565. The predicted molar refractivity (Wildman–Crippen MR) is 102 cm³/mol. The van der Waals surface area contributed by atoms with Crippen molar-refractivity contribution in [3.05, 3.63) is 76.8 Å². The van der Waals surface area contributed by atoms with Crippen molar-refractivity contribution in [1.29, 1.82) is 0 Å². The van der Waals surface area contributed by atoms with Crippen molar-refractivity contribution < 1.29 is 0 Å². The third-order valence-corrected chi connectivity index (χ3v) is 6.19. The van der Waals surface area contributed by atoms with Crippen molar-refractivity contribution in [2.45, 2.75) is 37.3 Å². The van der Waals surface area contributed by atoms with Crippen LogP contribution in [-0.2, 0) is 0 Å². The number of benzene rings is 2. The highest BCUT2D eigenvalue weighted by atomic mass is 35.5.